The van der Waals surface area contributed by atoms with Gasteiger partial charge in [-0.1, -0.05) is 24.3 Å². The largest absolute Gasteiger partial charge is 0.336 e. The summed E-state index contributed by atoms with van der Waals surface area (Å²) >= 11 is 0. The fraction of sp³-hybridized carbons (Fsp3) is 0.333. The third-order valence-electron chi connectivity index (χ3n) is 6.62. The van der Waals surface area contributed by atoms with Gasteiger partial charge in [0.2, 0.25) is 10.0 Å². The molecule has 0 spiro atoms. The van der Waals surface area contributed by atoms with E-state index in [0.717, 1.165) is 24.8 Å². The Labute approximate surface area is 186 Å². The molecule has 1 aliphatic heterocycles. The molecule has 8 heteroatoms. The van der Waals surface area contributed by atoms with Crippen molar-refractivity contribution in [3.05, 3.63) is 75.6 Å². The lowest BCUT2D eigenvalue weighted by molar-refractivity contribution is 0.0699. The maximum atomic E-state index is 13.2. The second-order valence-corrected chi connectivity index (χ2v) is 10.4. The number of hydrogen-bond donors (Lipinski definition) is 0. The molecule has 0 atom stereocenters. The summed E-state index contributed by atoms with van der Waals surface area (Å²) in [6, 6.07) is 14.1. The molecule has 1 amide bonds. The van der Waals surface area contributed by atoms with Gasteiger partial charge in [0.15, 0.2) is 0 Å². The Hall–Kier alpha value is -2.97. The van der Waals surface area contributed by atoms with Crippen molar-refractivity contribution in [2.24, 2.45) is 7.05 Å². The van der Waals surface area contributed by atoms with Gasteiger partial charge in [0.1, 0.15) is 0 Å². The maximum Gasteiger partial charge on any atom is 0.254 e. The smallest absolute Gasteiger partial charge is 0.254 e. The molecule has 1 saturated heterocycles. The molecule has 0 radical (unpaired) electrons. The van der Waals surface area contributed by atoms with Crippen molar-refractivity contribution in [2.75, 3.05) is 26.2 Å². The highest BCUT2D eigenvalue weighted by Gasteiger charge is 2.31. The van der Waals surface area contributed by atoms with Gasteiger partial charge in [0, 0.05) is 44.7 Å². The van der Waals surface area contributed by atoms with Crippen LogP contribution in [-0.4, -0.2) is 54.3 Å². The average Bonchev–Trinajstić information content (AvgIpc) is 3.29. The van der Waals surface area contributed by atoms with Crippen molar-refractivity contribution < 1.29 is 13.2 Å². The van der Waals surface area contributed by atoms with Crippen molar-refractivity contribution >= 4 is 26.8 Å². The Balaban J connectivity index is 1.36. The van der Waals surface area contributed by atoms with E-state index in [4.69, 9.17) is 0 Å². The maximum absolute atomic E-state index is 13.2. The van der Waals surface area contributed by atoms with Gasteiger partial charge in [-0.15, -0.1) is 0 Å². The molecule has 32 heavy (non-hydrogen) atoms. The van der Waals surface area contributed by atoms with Crippen molar-refractivity contribution in [3.63, 3.8) is 0 Å². The van der Waals surface area contributed by atoms with Gasteiger partial charge < -0.3 is 9.47 Å². The van der Waals surface area contributed by atoms with Gasteiger partial charge in [-0.05, 0) is 48.6 Å². The number of hydrogen-bond acceptors (Lipinski definition) is 4. The van der Waals surface area contributed by atoms with E-state index in [1.165, 1.54) is 20.5 Å². The van der Waals surface area contributed by atoms with Gasteiger partial charge in [-0.2, -0.15) is 4.31 Å². The van der Waals surface area contributed by atoms with Crippen LogP contribution in [0, 0.1) is 0 Å². The number of carbonyl (C=O) groups is 1. The molecule has 2 aliphatic rings. The summed E-state index contributed by atoms with van der Waals surface area (Å²) in [5.41, 5.74) is 3.17. The molecule has 1 fully saturated rings. The highest BCUT2D eigenvalue weighted by molar-refractivity contribution is 7.89. The summed E-state index contributed by atoms with van der Waals surface area (Å²) in [5, 5.41) is 0.716. The van der Waals surface area contributed by atoms with Gasteiger partial charge in [-0.25, -0.2) is 8.42 Å². The number of nitrogens with zero attached hydrogens (tertiary/aromatic N) is 3. The van der Waals surface area contributed by atoms with Gasteiger partial charge in [-0.3, -0.25) is 9.59 Å². The Morgan fingerprint density at radius 2 is 1.62 bits per heavy atom. The SMILES string of the molecule is Cn1c(=O)cc(C(=O)N2CCN(S(=O)(=O)c3ccc4c(c3)CCC4)CC2)c2ccccc21. The second-order valence-electron chi connectivity index (χ2n) is 8.45. The first kappa shape index (κ1) is 20.9. The molecule has 3 aromatic rings. The molecule has 1 aromatic heterocycles. The number of pyridine rings is 1. The van der Waals surface area contributed by atoms with Crippen LogP contribution >= 0.6 is 0 Å². The minimum Gasteiger partial charge on any atom is -0.336 e. The van der Waals surface area contributed by atoms with Crippen molar-refractivity contribution in [1.82, 2.24) is 13.8 Å². The molecule has 0 bridgehead atoms. The van der Waals surface area contributed by atoms with E-state index < -0.39 is 10.0 Å². The topological polar surface area (TPSA) is 79.7 Å². The lowest BCUT2D eigenvalue weighted by atomic mass is 10.1. The molecule has 2 heterocycles. The monoisotopic (exact) mass is 451 g/mol. The number of amides is 1. The summed E-state index contributed by atoms with van der Waals surface area (Å²) < 4.78 is 29.3. The third-order valence-corrected chi connectivity index (χ3v) is 8.51. The quantitative estimate of drug-likeness (QED) is 0.611. The normalized spacial score (nSPS) is 17.0. The lowest BCUT2D eigenvalue weighted by Gasteiger charge is -2.34. The summed E-state index contributed by atoms with van der Waals surface area (Å²) in [6.07, 6.45) is 3.00. The van der Waals surface area contributed by atoms with Crippen LogP contribution in [0.25, 0.3) is 10.9 Å². The van der Waals surface area contributed by atoms with Crippen LogP contribution in [0.2, 0.25) is 0 Å². The zero-order valence-electron chi connectivity index (χ0n) is 18.0. The molecule has 166 valence electrons. The molecule has 5 rings (SSSR count). The fourth-order valence-electron chi connectivity index (χ4n) is 4.75. The van der Waals surface area contributed by atoms with Crippen LogP contribution in [0.1, 0.15) is 27.9 Å². The van der Waals surface area contributed by atoms with Gasteiger partial charge in [0.05, 0.1) is 16.0 Å². The zero-order chi connectivity index (χ0) is 22.5. The lowest BCUT2D eigenvalue weighted by Crippen LogP contribution is -2.50. The molecule has 1 aliphatic carbocycles. The van der Waals surface area contributed by atoms with Crippen LogP contribution in [0.15, 0.2) is 58.2 Å². The number of benzene rings is 2. The Morgan fingerprint density at radius 1 is 0.906 bits per heavy atom. The third kappa shape index (κ3) is 3.43. The van der Waals surface area contributed by atoms with Crippen molar-refractivity contribution in [3.8, 4) is 0 Å². The minimum atomic E-state index is -3.60. The van der Waals surface area contributed by atoms with Crippen LogP contribution in [0.3, 0.4) is 0 Å². The second kappa shape index (κ2) is 7.86. The van der Waals surface area contributed by atoms with E-state index >= 15 is 0 Å². The first-order valence-electron chi connectivity index (χ1n) is 10.9. The first-order valence-corrected chi connectivity index (χ1v) is 12.3. The van der Waals surface area contributed by atoms with Crippen molar-refractivity contribution in [1.29, 1.82) is 0 Å². The predicted octanol–water partition coefficient (Wildman–Crippen LogP) is 2.17. The zero-order valence-corrected chi connectivity index (χ0v) is 18.8. The number of piperazine rings is 1. The summed E-state index contributed by atoms with van der Waals surface area (Å²) in [5.74, 6) is -0.242. The number of carbonyl (C=O) groups excluding carboxylic acids is 1. The molecule has 0 unspecified atom stereocenters. The predicted molar refractivity (Wildman–Crippen MR) is 122 cm³/mol. The molecular formula is C24H25N3O4S. The number of aromatic nitrogens is 1. The molecular weight excluding hydrogens is 426 g/mol. The molecule has 7 nitrogen and oxygen atoms in total. The number of para-hydroxylation sites is 1. The number of rotatable bonds is 3. The van der Waals surface area contributed by atoms with Crippen LogP contribution < -0.4 is 5.56 Å². The number of aryl methyl sites for hydroxylation is 3. The van der Waals surface area contributed by atoms with Gasteiger partial charge in [0.25, 0.3) is 11.5 Å². The van der Waals surface area contributed by atoms with Gasteiger partial charge >= 0.3 is 0 Å². The minimum absolute atomic E-state index is 0.230. The Morgan fingerprint density at radius 3 is 2.41 bits per heavy atom. The van der Waals surface area contributed by atoms with E-state index in [0.29, 0.717) is 21.4 Å². The van der Waals surface area contributed by atoms with E-state index in [-0.39, 0.29) is 37.6 Å². The van der Waals surface area contributed by atoms with E-state index in [1.807, 2.05) is 30.3 Å². The summed E-state index contributed by atoms with van der Waals surface area (Å²) in [7, 11) is -1.92. The first-order chi connectivity index (χ1) is 15.4. The number of fused-ring (bicyclic) bond motifs is 2. The summed E-state index contributed by atoms with van der Waals surface area (Å²) in [6.45, 7) is 1.03. The van der Waals surface area contributed by atoms with E-state index in [1.54, 1.807) is 24.1 Å². The van der Waals surface area contributed by atoms with E-state index in [9.17, 15) is 18.0 Å². The number of sulfonamides is 1. The summed E-state index contributed by atoms with van der Waals surface area (Å²) in [4.78, 5) is 27.6. The van der Waals surface area contributed by atoms with Crippen molar-refractivity contribution in [2.45, 2.75) is 24.2 Å². The van der Waals surface area contributed by atoms with Crippen LogP contribution in [-0.2, 0) is 29.9 Å². The standard InChI is InChI=1S/C24H25N3O4S/c1-25-22-8-3-2-7-20(22)21(16-23(25)28)24(29)26-11-13-27(14-12-26)32(30,31)19-10-9-17-5-4-6-18(17)15-19/h2-3,7-10,15-16H,4-6,11-14H2,1H3. The average molecular weight is 452 g/mol. The fourth-order valence-corrected chi connectivity index (χ4v) is 6.22. The van der Waals surface area contributed by atoms with Crippen LogP contribution in [0.4, 0.5) is 0 Å². The Bertz CT molecular complexity index is 1390. The highest BCUT2D eigenvalue weighted by Crippen LogP contribution is 2.27. The Kier molecular flexibility index (Phi) is 5.14. The molecule has 0 N–H and O–H groups in total. The highest BCUT2D eigenvalue weighted by atomic mass is 32.2. The molecule has 2 aromatic carbocycles. The van der Waals surface area contributed by atoms with Crippen LogP contribution in [0.5, 0.6) is 0 Å². The van der Waals surface area contributed by atoms with E-state index in [2.05, 4.69) is 0 Å². The molecule has 0 saturated carbocycles.